The fourth-order valence-electron chi connectivity index (χ4n) is 3.90. The van der Waals surface area contributed by atoms with E-state index in [1.54, 1.807) is 6.26 Å². The fraction of sp³-hybridized carbons (Fsp3) is 0.765. The van der Waals surface area contributed by atoms with Crippen molar-refractivity contribution in [3.8, 4) is 0 Å². The van der Waals surface area contributed by atoms with E-state index in [0.29, 0.717) is 6.04 Å². The van der Waals surface area contributed by atoms with Gasteiger partial charge in [-0.1, -0.05) is 20.8 Å². The summed E-state index contributed by atoms with van der Waals surface area (Å²) < 4.78 is 5.60. The maximum absolute atomic E-state index is 5.60. The van der Waals surface area contributed by atoms with Gasteiger partial charge in [-0.2, -0.15) is 0 Å². The molecule has 0 aromatic carbocycles. The lowest BCUT2D eigenvalue weighted by atomic mass is 9.80. The van der Waals surface area contributed by atoms with Crippen LogP contribution in [0.4, 0.5) is 0 Å². The van der Waals surface area contributed by atoms with Gasteiger partial charge in [0.25, 0.3) is 0 Å². The van der Waals surface area contributed by atoms with Crippen LogP contribution in [0.3, 0.4) is 0 Å². The first-order valence-electron chi connectivity index (χ1n) is 8.27. The van der Waals surface area contributed by atoms with Gasteiger partial charge < -0.3 is 9.73 Å². The third-order valence-electron chi connectivity index (χ3n) is 5.04. The van der Waals surface area contributed by atoms with Crippen LogP contribution >= 0.6 is 0 Å². The average molecular weight is 278 g/mol. The molecule has 20 heavy (non-hydrogen) atoms. The Morgan fingerprint density at radius 3 is 2.45 bits per heavy atom. The van der Waals surface area contributed by atoms with Crippen LogP contribution in [0.5, 0.6) is 0 Å². The molecule has 0 aliphatic carbocycles. The van der Waals surface area contributed by atoms with Crippen LogP contribution in [0.15, 0.2) is 22.8 Å². The van der Waals surface area contributed by atoms with Gasteiger partial charge in [0.15, 0.2) is 0 Å². The molecule has 0 spiro atoms. The number of furan rings is 1. The van der Waals surface area contributed by atoms with Crippen LogP contribution in [0.1, 0.15) is 52.2 Å². The second-order valence-corrected chi connectivity index (χ2v) is 5.90. The van der Waals surface area contributed by atoms with Crippen LogP contribution in [-0.2, 0) is 6.42 Å². The third-order valence-corrected chi connectivity index (χ3v) is 5.04. The molecule has 0 amide bonds. The molecule has 1 unspecified atom stereocenters. The van der Waals surface area contributed by atoms with Crippen molar-refractivity contribution in [2.75, 3.05) is 19.6 Å². The topological polar surface area (TPSA) is 28.4 Å². The monoisotopic (exact) mass is 278 g/mol. The maximum Gasteiger partial charge on any atom is 0.105 e. The van der Waals surface area contributed by atoms with Gasteiger partial charge in [0.05, 0.1) is 6.26 Å². The first-order chi connectivity index (χ1) is 9.76. The highest BCUT2D eigenvalue weighted by atomic mass is 16.3. The summed E-state index contributed by atoms with van der Waals surface area (Å²) in [7, 11) is 0. The van der Waals surface area contributed by atoms with Gasteiger partial charge in [-0.25, -0.2) is 0 Å². The highest BCUT2D eigenvalue weighted by Gasteiger charge is 2.41. The standard InChI is InChI=1S/C17H30N2O/c1-4-17(5-2,19-11-7-8-12-19)16(18-6-3)14-15-10-9-13-20-15/h9-10,13,16,18H,4-8,11-12,14H2,1-3H3. The summed E-state index contributed by atoms with van der Waals surface area (Å²) in [6.45, 7) is 10.4. The van der Waals surface area contributed by atoms with Gasteiger partial charge in [-0.3, -0.25) is 4.90 Å². The zero-order valence-corrected chi connectivity index (χ0v) is 13.3. The molecule has 1 fully saturated rings. The van der Waals surface area contributed by atoms with Gasteiger partial charge in [0, 0.05) is 18.0 Å². The summed E-state index contributed by atoms with van der Waals surface area (Å²) in [5.74, 6) is 1.10. The zero-order chi connectivity index (χ0) is 14.4. The second kappa shape index (κ2) is 7.28. The van der Waals surface area contributed by atoms with E-state index in [4.69, 9.17) is 4.42 Å². The molecule has 1 atom stereocenters. The molecule has 3 heteroatoms. The Hall–Kier alpha value is -0.800. The Morgan fingerprint density at radius 1 is 1.25 bits per heavy atom. The molecule has 2 heterocycles. The number of hydrogen-bond acceptors (Lipinski definition) is 3. The molecular formula is C17H30N2O. The van der Waals surface area contributed by atoms with Crippen molar-refractivity contribution in [1.82, 2.24) is 10.2 Å². The van der Waals surface area contributed by atoms with Crippen LogP contribution in [0.2, 0.25) is 0 Å². The van der Waals surface area contributed by atoms with Crippen molar-refractivity contribution in [2.24, 2.45) is 0 Å². The van der Waals surface area contributed by atoms with Crippen molar-refractivity contribution in [1.29, 1.82) is 0 Å². The molecule has 1 saturated heterocycles. The molecule has 1 aliphatic heterocycles. The van der Waals surface area contributed by atoms with E-state index in [1.807, 2.05) is 6.07 Å². The molecule has 1 aromatic rings. The Balaban J connectivity index is 2.21. The molecule has 0 saturated carbocycles. The van der Waals surface area contributed by atoms with Gasteiger partial charge >= 0.3 is 0 Å². The van der Waals surface area contributed by atoms with Crippen molar-refractivity contribution >= 4 is 0 Å². The highest BCUT2D eigenvalue weighted by Crippen LogP contribution is 2.33. The highest BCUT2D eigenvalue weighted by molar-refractivity contribution is 5.08. The van der Waals surface area contributed by atoms with Crippen molar-refractivity contribution in [2.45, 2.75) is 64.5 Å². The van der Waals surface area contributed by atoms with Gasteiger partial charge in [-0.05, 0) is 57.5 Å². The number of hydrogen-bond donors (Lipinski definition) is 1. The Labute approximate surface area is 123 Å². The number of rotatable bonds is 8. The van der Waals surface area contributed by atoms with E-state index in [9.17, 15) is 0 Å². The second-order valence-electron chi connectivity index (χ2n) is 5.90. The smallest absolute Gasteiger partial charge is 0.105 e. The zero-order valence-electron chi connectivity index (χ0n) is 13.3. The number of likely N-dealkylation sites (N-methyl/N-ethyl adjacent to an activating group) is 1. The summed E-state index contributed by atoms with van der Waals surface area (Å²) >= 11 is 0. The van der Waals surface area contributed by atoms with Crippen LogP contribution in [-0.4, -0.2) is 36.1 Å². The van der Waals surface area contributed by atoms with Crippen LogP contribution in [0, 0.1) is 0 Å². The molecule has 114 valence electrons. The minimum absolute atomic E-state index is 0.263. The molecule has 1 N–H and O–H groups in total. The van der Waals surface area contributed by atoms with Crippen LogP contribution in [0.25, 0.3) is 0 Å². The molecule has 2 rings (SSSR count). The number of likely N-dealkylation sites (tertiary alicyclic amines) is 1. The minimum atomic E-state index is 0.263. The van der Waals surface area contributed by atoms with Crippen molar-refractivity contribution in [3.05, 3.63) is 24.2 Å². The molecular weight excluding hydrogens is 248 g/mol. The van der Waals surface area contributed by atoms with Gasteiger partial charge in [-0.15, -0.1) is 0 Å². The molecule has 0 radical (unpaired) electrons. The first-order valence-corrected chi connectivity index (χ1v) is 8.27. The SMILES string of the molecule is CCNC(Cc1ccco1)C(CC)(CC)N1CCCC1. The number of nitrogens with one attached hydrogen (secondary N) is 1. The van der Waals surface area contributed by atoms with Crippen molar-refractivity contribution in [3.63, 3.8) is 0 Å². The molecule has 1 aliphatic rings. The Morgan fingerprint density at radius 2 is 1.95 bits per heavy atom. The Kier molecular flexibility index (Phi) is 5.67. The van der Waals surface area contributed by atoms with Crippen molar-refractivity contribution < 1.29 is 4.42 Å². The van der Waals surface area contributed by atoms with E-state index < -0.39 is 0 Å². The largest absolute Gasteiger partial charge is 0.469 e. The number of nitrogens with zero attached hydrogens (tertiary/aromatic N) is 1. The van der Waals surface area contributed by atoms with E-state index in [-0.39, 0.29) is 5.54 Å². The lowest BCUT2D eigenvalue weighted by Crippen LogP contribution is -2.60. The predicted octanol–water partition coefficient (Wildman–Crippen LogP) is 3.45. The predicted molar refractivity (Wildman–Crippen MR) is 84.0 cm³/mol. The summed E-state index contributed by atoms with van der Waals surface area (Å²) in [4.78, 5) is 2.73. The minimum Gasteiger partial charge on any atom is -0.469 e. The van der Waals surface area contributed by atoms with Crippen LogP contribution < -0.4 is 5.32 Å². The van der Waals surface area contributed by atoms with Gasteiger partial charge in [0.1, 0.15) is 5.76 Å². The van der Waals surface area contributed by atoms with E-state index in [0.717, 1.165) is 18.7 Å². The quantitative estimate of drug-likeness (QED) is 0.789. The molecule has 1 aromatic heterocycles. The summed E-state index contributed by atoms with van der Waals surface area (Å²) in [6.07, 6.45) is 7.86. The molecule has 0 bridgehead atoms. The first kappa shape index (κ1) is 15.6. The normalized spacial score (nSPS) is 18.6. The van der Waals surface area contributed by atoms with E-state index >= 15 is 0 Å². The lowest BCUT2D eigenvalue weighted by molar-refractivity contribution is 0.0607. The third kappa shape index (κ3) is 3.09. The van der Waals surface area contributed by atoms with E-state index in [2.05, 4.69) is 37.1 Å². The lowest BCUT2D eigenvalue weighted by Gasteiger charge is -2.47. The molecule has 3 nitrogen and oxygen atoms in total. The average Bonchev–Trinajstić information content (AvgIpc) is 3.14. The fourth-order valence-corrected chi connectivity index (χ4v) is 3.90. The van der Waals surface area contributed by atoms with E-state index in [1.165, 1.54) is 38.8 Å². The summed E-state index contributed by atoms with van der Waals surface area (Å²) in [6, 6.07) is 4.56. The summed E-state index contributed by atoms with van der Waals surface area (Å²) in [5, 5.41) is 3.74. The maximum atomic E-state index is 5.60. The van der Waals surface area contributed by atoms with Gasteiger partial charge in [0.2, 0.25) is 0 Å². The summed E-state index contributed by atoms with van der Waals surface area (Å²) in [5.41, 5.74) is 0.263. The Bertz CT molecular complexity index is 364.